The van der Waals surface area contributed by atoms with Gasteiger partial charge in [0.2, 0.25) is 0 Å². The molecule has 2 aliphatic rings. The van der Waals surface area contributed by atoms with Crippen molar-refractivity contribution >= 4 is 21.8 Å². The lowest BCUT2D eigenvalue weighted by Crippen LogP contribution is -2.32. The zero-order chi connectivity index (χ0) is 29.5. The number of hydrogen-bond donors (Lipinski definition) is 0. The first kappa shape index (κ1) is 24.6. The number of aromatic nitrogens is 1. The number of ether oxygens (including phenoxy) is 1. The Morgan fingerprint density at radius 1 is 0.444 bits per heavy atom. The van der Waals surface area contributed by atoms with Crippen LogP contribution in [0.25, 0.3) is 49.7 Å². The zero-order valence-corrected chi connectivity index (χ0v) is 24.4. The van der Waals surface area contributed by atoms with E-state index in [-0.39, 0.29) is 0 Å². The zero-order valence-electron chi connectivity index (χ0n) is 24.4. The minimum Gasteiger partial charge on any atom is -0.457 e. The fourth-order valence-electron chi connectivity index (χ4n) is 8.11. The number of para-hydroxylation sites is 3. The lowest BCUT2D eigenvalue weighted by atomic mass is 9.65. The van der Waals surface area contributed by atoms with Crippen LogP contribution in [0.15, 0.2) is 164 Å². The van der Waals surface area contributed by atoms with Crippen molar-refractivity contribution in [1.82, 2.24) is 4.57 Å². The highest BCUT2D eigenvalue weighted by Gasteiger charge is 2.51. The lowest BCUT2D eigenvalue weighted by Gasteiger charge is -2.39. The molecule has 45 heavy (non-hydrogen) atoms. The third-order valence-corrected chi connectivity index (χ3v) is 9.86. The van der Waals surface area contributed by atoms with E-state index in [4.69, 9.17) is 4.74 Å². The molecule has 0 bridgehead atoms. The minimum atomic E-state index is -0.537. The maximum absolute atomic E-state index is 6.70. The van der Waals surface area contributed by atoms with Crippen LogP contribution in [-0.4, -0.2) is 4.57 Å². The van der Waals surface area contributed by atoms with Gasteiger partial charge in [0.15, 0.2) is 0 Å². The predicted molar refractivity (Wildman–Crippen MR) is 184 cm³/mol. The molecule has 0 radical (unpaired) electrons. The van der Waals surface area contributed by atoms with E-state index in [9.17, 15) is 0 Å². The average Bonchev–Trinajstić information content (AvgIpc) is 3.60. The third-order valence-electron chi connectivity index (χ3n) is 9.86. The molecular weight excluding hydrogens is 546 g/mol. The molecule has 2 heteroatoms. The number of rotatable bonds is 2. The molecule has 0 amide bonds. The summed E-state index contributed by atoms with van der Waals surface area (Å²) in [5.74, 6) is 1.81. The van der Waals surface area contributed by atoms with Crippen LogP contribution in [0, 0.1) is 0 Å². The van der Waals surface area contributed by atoms with Crippen molar-refractivity contribution in [3.05, 3.63) is 186 Å². The van der Waals surface area contributed by atoms with Gasteiger partial charge in [-0.1, -0.05) is 121 Å². The summed E-state index contributed by atoms with van der Waals surface area (Å²) in [6.45, 7) is 0. The summed E-state index contributed by atoms with van der Waals surface area (Å²) in [5, 5.41) is 2.56. The smallest absolute Gasteiger partial charge is 0.132 e. The van der Waals surface area contributed by atoms with E-state index < -0.39 is 5.41 Å². The molecule has 7 aromatic carbocycles. The van der Waals surface area contributed by atoms with Crippen LogP contribution in [0.3, 0.4) is 0 Å². The summed E-state index contributed by atoms with van der Waals surface area (Å²) in [6.07, 6.45) is 0. The Labute approximate surface area is 261 Å². The van der Waals surface area contributed by atoms with Crippen LogP contribution in [0.4, 0.5) is 0 Å². The molecule has 210 valence electrons. The average molecular weight is 574 g/mol. The van der Waals surface area contributed by atoms with Crippen molar-refractivity contribution in [2.24, 2.45) is 0 Å². The van der Waals surface area contributed by atoms with Crippen LogP contribution in [-0.2, 0) is 5.41 Å². The van der Waals surface area contributed by atoms with Gasteiger partial charge in [-0.3, -0.25) is 0 Å². The van der Waals surface area contributed by atoms with E-state index in [1.165, 1.54) is 72.0 Å². The summed E-state index contributed by atoms with van der Waals surface area (Å²) >= 11 is 0. The molecular formula is C43H27NO. The first-order chi connectivity index (χ1) is 22.3. The van der Waals surface area contributed by atoms with Crippen LogP contribution >= 0.6 is 0 Å². The summed E-state index contributed by atoms with van der Waals surface area (Å²) in [5.41, 5.74) is 13.0. The van der Waals surface area contributed by atoms with Crippen molar-refractivity contribution in [3.63, 3.8) is 0 Å². The second kappa shape index (κ2) is 9.07. The molecule has 10 rings (SSSR count). The third kappa shape index (κ3) is 3.18. The van der Waals surface area contributed by atoms with Crippen molar-refractivity contribution in [3.8, 4) is 39.4 Å². The van der Waals surface area contributed by atoms with Crippen molar-refractivity contribution in [2.45, 2.75) is 5.41 Å². The molecule has 0 saturated heterocycles. The first-order valence-electron chi connectivity index (χ1n) is 15.5. The fraction of sp³-hybridized carbons (Fsp3) is 0.0233. The highest BCUT2D eigenvalue weighted by Crippen LogP contribution is 2.64. The Balaban J connectivity index is 1.38. The monoisotopic (exact) mass is 573 g/mol. The highest BCUT2D eigenvalue weighted by atomic mass is 16.5. The maximum Gasteiger partial charge on any atom is 0.132 e. The van der Waals surface area contributed by atoms with Gasteiger partial charge in [-0.15, -0.1) is 0 Å². The van der Waals surface area contributed by atoms with Crippen LogP contribution in [0.2, 0.25) is 0 Å². The molecule has 0 fully saturated rings. The normalized spacial score (nSPS) is 15.8. The van der Waals surface area contributed by atoms with E-state index in [2.05, 4.69) is 168 Å². The van der Waals surface area contributed by atoms with Crippen molar-refractivity contribution in [1.29, 1.82) is 0 Å². The Bertz CT molecular complexity index is 2460. The highest BCUT2D eigenvalue weighted by molar-refractivity contribution is 6.18. The number of hydrogen-bond acceptors (Lipinski definition) is 1. The number of fused-ring (bicyclic) bond motifs is 13. The van der Waals surface area contributed by atoms with E-state index in [0.717, 1.165) is 11.5 Å². The van der Waals surface area contributed by atoms with E-state index in [1.54, 1.807) is 0 Å². The van der Waals surface area contributed by atoms with Gasteiger partial charge in [0.25, 0.3) is 0 Å². The predicted octanol–water partition coefficient (Wildman–Crippen LogP) is 10.9. The number of benzene rings is 7. The van der Waals surface area contributed by atoms with Crippen LogP contribution < -0.4 is 4.74 Å². The topological polar surface area (TPSA) is 14.2 Å². The van der Waals surface area contributed by atoms with Gasteiger partial charge in [0.1, 0.15) is 11.5 Å². The Kier molecular flexibility index (Phi) is 4.95. The molecule has 1 spiro atoms. The molecule has 1 aliphatic carbocycles. The second-order valence-electron chi connectivity index (χ2n) is 12.0. The quantitative estimate of drug-likeness (QED) is 0.201. The molecule has 2 nitrogen and oxygen atoms in total. The minimum absolute atomic E-state index is 0.537. The molecule has 1 aromatic heterocycles. The number of nitrogens with zero attached hydrogens (tertiary/aromatic N) is 1. The molecule has 2 heterocycles. The van der Waals surface area contributed by atoms with E-state index >= 15 is 0 Å². The maximum atomic E-state index is 6.70. The second-order valence-corrected chi connectivity index (χ2v) is 12.0. The lowest BCUT2D eigenvalue weighted by molar-refractivity contribution is 0.436. The Morgan fingerprint density at radius 3 is 2.00 bits per heavy atom. The summed E-state index contributed by atoms with van der Waals surface area (Å²) in [7, 11) is 0. The van der Waals surface area contributed by atoms with E-state index in [1.807, 2.05) is 0 Å². The summed E-state index contributed by atoms with van der Waals surface area (Å²) in [6, 6.07) is 59.3. The molecule has 0 N–H and O–H groups in total. The molecule has 1 aliphatic heterocycles. The van der Waals surface area contributed by atoms with Crippen molar-refractivity contribution in [2.75, 3.05) is 0 Å². The standard InChI is InChI=1S/C43H27NO/c1-3-13-28(14-4-1)29-23-26-40-36(27-29)43(34-20-10-12-22-39(34)45-40)33-19-9-7-17-31(33)41-35(43)24-25-38-42(41)32-18-8-11-21-37(32)44(38)30-15-5-2-6-16-30/h1-27H. The molecule has 8 aromatic rings. The van der Waals surface area contributed by atoms with Gasteiger partial charge in [0.05, 0.1) is 16.4 Å². The van der Waals surface area contributed by atoms with Crippen LogP contribution in [0.5, 0.6) is 11.5 Å². The largest absolute Gasteiger partial charge is 0.457 e. The van der Waals surface area contributed by atoms with Gasteiger partial charge < -0.3 is 9.30 Å². The molecule has 1 atom stereocenters. The van der Waals surface area contributed by atoms with Gasteiger partial charge in [0, 0.05) is 27.6 Å². The fourth-order valence-corrected chi connectivity index (χ4v) is 8.11. The van der Waals surface area contributed by atoms with E-state index in [0.29, 0.717) is 0 Å². The molecule has 0 saturated carbocycles. The SMILES string of the molecule is c1ccc(-c2ccc3c(c2)C2(c4ccccc4O3)c3ccccc3-c3c2ccc2c3c3ccccc3n2-c2ccccc2)cc1. The Hall–Kier alpha value is -5.86. The van der Waals surface area contributed by atoms with Gasteiger partial charge >= 0.3 is 0 Å². The first-order valence-corrected chi connectivity index (χ1v) is 15.5. The van der Waals surface area contributed by atoms with Gasteiger partial charge in [-0.2, -0.15) is 0 Å². The summed E-state index contributed by atoms with van der Waals surface area (Å²) < 4.78 is 9.12. The van der Waals surface area contributed by atoms with Gasteiger partial charge in [-0.05, 0) is 75.8 Å². The Morgan fingerprint density at radius 2 is 1.13 bits per heavy atom. The van der Waals surface area contributed by atoms with Crippen molar-refractivity contribution < 1.29 is 4.74 Å². The molecule has 1 unspecified atom stereocenters. The summed E-state index contributed by atoms with van der Waals surface area (Å²) in [4.78, 5) is 0. The van der Waals surface area contributed by atoms with Gasteiger partial charge in [-0.25, -0.2) is 0 Å². The van der Waals surface area contributed by atoms with Crippen LogP contribution in [0.1, 0.15) is 22.3 Å².